The molecule has 0 unspecified atom stereocenters. The molecular formula is C30H39N7O4. The van der Waals surface area contributed by atoms with Crippen molar-refractivity contribution in [3.05, 3.63) is 48.0 Å². The van der Waals surface area contributed by atoms with E-state index in [1.165, 1.54) is 12.8 Å². The van der Waals surface area contributed by atoms with Gasteiger partial charge in [0, 0.05) is 32.2 Å². The van der Waals surface area contributed by atoms with Crippen molar-refractivity contribution >= 4 is 24.1 Å². The van der Waals surface area contributed by atoms with Gasteiger partial charge in [0.2, 0.25) is 17.8 Å². The zero-order valence-electron chi connectivity index (χ0n) is 23.9. The molecule has 11 heteroatoms. The van der Waals surface area contributed by atoms with Crippen LogP contribution in [0.2, 0.25) is 0 Å². The van der Waals surface area contributed by atoms with Crippen molar-refractivity contribution in [1.29, 1.82) is 0 Å². The molecule has 0 aliphatic carbocycles. The fraction of sp³-hybridized carbons (Fsp3) is 0.467. The number of benzene rings is 2. The van der Waals surface area contributed by atoms with Gasteiger partial charge in [-0.05, 0) is 74.4 Å². The Hall–Kier alpha value is -4.28. The van der Waals surface area contributed by atoms with Gasteiger partial charge in [0.25, 0.3) is 0 Å². The Morgan fingerprint density at radius 2 is 1.39 bits per heavy atom. The second kappa shape index (κ2) is 14.4. The lowest BCUT2D eigenvalue weighted by atomic mass is 10.1. The van der Waals surface area contributed by atoms with Gasteiger partial charge in [0.05, 0.1) is 20.4 Å². The minimum atomic E-state index is 0.362. The third-order valence-electron chi connectivity index (χ3n) is 7.11. The van der Waals surface area contributed by atoms with Crippen molar-refractivity contribution in [3.8, 4) is 23.0 Å². The summed E-state index contributed by atoms with van der Waals surface area (Å²) in [6.07, 6.45) is 8.83. The number of hydrogen-bond acceptors (Lipinski definition) is 11. The predicted molar refractivity (Wildman–Crippen MR) is 160 cm³/mol. The first-order valence-corrected chi connectivity index (χ1v) is 14.3. The number of nitrogens with one attached hydrogen (secondary N) is 1. The Morgan fingerprint density at radius 3 is 2.05 bits per heavy atom. The van der Waals surface area contributed by atoms with Crippen LogP contribution in [0.3, 0.4) is 0 Å². The fourth-order valence-corrected chi connectivity index (χ4v) is 4.92. The molecule has 0 saturated carbocycles. The second-order valence-corrected chi connectivity index (χ2v) is 10.0. The molecule has 2 aliphatic heterocycles. The van der Waals surface area contributed by atoms with Crippen LogP contribution in [0.15, 0.2) is 47.6 Å². The summed E-state index contributed by atoms with van der Waals surface area (Å²) < 4.78 is 22.4. The van der Waals surface area contributed by atoms with E-state index in [4.69, 9.17) is 33.9 Å². The summed E-state index contributed by atoms with van der Waals surface area (Å²) in [7, 11) is 3.24. The lowest BCUT2D eigenvalue weighted by Crippen LogP contribution is -2.34. The van der Waals surface area contributed by atoms with E-state index < -0.39 is 0 Å². The number of rotatable bonds is 12. The molecule has 0 bridgehead atoms. The van der Waals surface area contributed by atoms with Crippen LogP contribution in [0, 0.1) is 0 Å². The maximum Gasteiger partial charge on any atom is 0.250 e. The predicted octanol–water partition coefficient (Wildman–Crippen LogP) is 4.77. The van der Waals surface area contributed by atoms with Gasteiger partial charge in [-0.2, -0.15) is 20.1 Å². The van der Waals surface area contributed by atoms with Crippen molar-refractivity contribution < 1.29 is 18.9 Å². The highest BCUT2D eigenvalue weighted by molar-refractivity contribution is 5.81. The molecule has 0 radical (unpaired) electrons. The van der Waals surface area contributed by atoms with Gasteiger partial charge >= 0.3 is 0 Å². The number of ether oxygens (including phenoxy) is 4. The van der Waals surface area contributed by atoms with Crippen LogP contribution in [0.5, 0.6) is 23.0 Å². The maximum atomic E-state index is 5.90. The molecule has 0 spiro atoms. The molecule has 41 heavy (non-hydrogen) atoms. The monoisotopic (exact) mass is 561 g/mol. The fourth-order valence-electron chi connectivity index (χ4n) is 4.92. The number of methoxy groups -OCH3 is 2. The minimum absolute atomic E-state index is 0.362. The van der Waals surface area contributed by atoms with Crippen LogP contribution in [-0.4, -0.2) is 74.8 Å². The van der Waals surface area contributed by atoms with Gasteiger partial charge in [0.15, 0.2) is 11.5 Å². The number of hydrogen-bond donors (Lipinski definition) is 1. The SMILES string of the molecule is COc1cccc(OCCOc2ccc(/C=N/Nc3nc(N4CCCCC4)nc(N4CCCCC4)n3)cc2OC)c1. The summed E-state index contributed by atoms with van der Waals surface area (Å²) in [6, 6.07) is 13.1. The molecule has 0 atom stereocenters. The Bertz CT molecular complexity index is 1260. The van der Waals surface area contributed by atoms with Crippen LogP contribution in [-0.2, 0) is 0 Å². The standard InChI is InChI=1S/C30H39N7O4/c1-38-24-10-9-11-25(21-24)40-18-19-41-26-13-12-23(20-27(26)39-2)22-31-35-28-32-29(36-14-5-3-6-15-36)34-30(33-28)37-16-7-4-8-17-37/h9-13,20-22H,3-8,14-19H2,1-2H3,(H,32,33,34,35)/b31-22+. The molecular weight excluding hydrogens is 522 g/mol. The zero-order chi connectivity index (χ0) is 28.3. The highest BCUT2D eigenvalue weighted by Crippen LogP contribution is 2.28. The van der Waals surface area contributed by atoms with Crippen molar-refractivity contribution in [3.63, 3.8) is 0 Å². The Morgan fingerprint density at radius 1 is 0.732 bits per heavy atom. The molecule has 11 nitrogen and oxygen atoms in total. The molecule has 2 saturated heterocycles. The van der Waals surface area contributed by atoms with Gasteiger partial charge in [-0.3, -0.25) is 0 Å². The van der Waals surface area contributed by atoms with Crippen LogP contribution in [0.4, 0.5) is 17.8 Å². The summed E-state index contributed by atoms with van der Waals surface area (Å²) in [6.45, 7) is 4.61. The Labute approximate surface area is 241 Å². The van der Waals surface area contributed by atoms with E-state index in [-0.39, 0.29) is 0 Å². The van der Waals surface area contributed by atoms with Crippen LogP contribution in [0.1, 0.15) is 44.1 Å². The summed E-state index contributed by atoms with van der Waals surface area (Å²) in [4.78, 5) is 18.7. The van der Waals surface area contributed by atoms with Crippen LogP contribution in [0.25, 0.3) is 0 Å². The minimum Gasteiger partial charge on any atom is -0.497 e. The van der Waals surface area contributed by atoms with Gasteiger partial charge in [-0.25, -0.2) is 5.43 Å². The highest BCUT2D eigenvalue weighted by atomic mass is 16.5. The molecule has 218 valence electrons. The van der Waals surface area contributed by atoms with E-state index in [1.54, 1.807) is 20.4 Å². The first-order chi connectivity index (χ1) is 20.2. The van der Waals surface area contributed by atoms with E-state index in [0.29, 0.717) is 30.7 Å². The lowest BCUT2D eigenvalue weighted by molar-refractivity contribution is 0.211. The van der Waals surface area contributed by atoms with E-state index in [1.807, 2.05) is 42.5 Å². The third kappa shape index (κ3) is 7.90. The average molecular weight is 562 g/mol. The highest BCUT2D eigenvalue weighted by Gasteiger charge is 2.20. The molecule has 2 aromatic carbocycles. The van der Waals surface area contributed by atoms with Gasteiger partial charge in [0.1, 0.15) is 24.7 Å². The van der Waals surface area contributed by atoms with Gasteiger partial charge < -0.3 is 28.7 Å². The largest absolute Gasteiger partial charge is 0.497 e. The first-order valence-electron chi connectivity index (χ1n) is 14.3. The number of aromatic nitrogens is 3. The van der Waals surface area contributed by atoms with Crippen LogP contribution >= 0.6 is 0 Å². The lowest BCUT2D eigenvalue weighted by Gasteiger charge is -2.30. The smallest absolute Gasteiger partial charge is 0.250 e. The molecule has 0 amide bonds. The quantitative estimate of drug-likeness (QED) is 0.189. The van der Waals surface area contributed by atoms with Crippen molar-refractivity contribution in [2.75, 3.05) is 68.8 Å². The molecule has 5 rings (SSSR count). The van der Waals surface area contributed by atoms with E-state index in [9.17, 15) is 0 Å². The second-order valence-electron chi connectivity index (χ2n) is 10.0. The molecule has 2 aliphatic rings. The van der Waals surface area contributed by atoms with E-state index in [2.05, 4.69) is 20.3 Å². The Kier molecular flexibility index (Phi) is 9.91. The number of nitrogens with zero attached hydrogens (tertiary/aromatic N) is 6. The number of piperidine rings is 2. The third-order valence-corrected chi connectivity index (χ3v) is 7.11. The summed E-state index contributed by atoms with van der Waals surface area (Å²) >= 11 is 0. The van der Waals surface area contributed by atoms with E-state index in [0.717, 1.165) is 80.8 Å². The topological polar surface area (TPSA) is 106 Å². The number of hydrazone groups is 1. The van der Waals surface area contributed by atoms with E-state index >= 15 is 0 Å². The summed E-state index contributed by atoms with van der Waals surface area (Å²) in [5.41, 5.74) is 3.87. The Balaban J connectivity index is 1.20. The van der Waals surface area contributed by atoms with Crippen molar-refractivity contribution in [2.24, 2.45) is 5.10 Å². The summed E-state index contributed by atoms with van der Waals surface area (Å²) in [5.74, 6) is 4.59. The average Bonchev–Trinajstić information content (AvgIpc) is 3.04. The zero-order valence-corrected chi connectivity index (χ0v) is 23.9. The van der Waals surface area contributed by atoms with Crippen LogP contribution < -0.4 is 34.2 Å². The van der Waals surface area contributed by atoms with Gasteiger partial charge in [-0.1, -0.05) is 6.07 Å². The normalized spacial score (nSPS) is 15.6. The molecule has 3 heterocycles. The number of anilines is 3. The molecule has 3 aromatic rings. The van der Waals surface area contributed by atoms with Crippen molar-refractivity contribution in [1.82, 2.24) is 15.0 Å². The van der Waals surface area contributed by atoms with Gasteiger partial charge in [-0.15, -0.1) is 0 Å². The molecule has 1 aromatic heterocycles. The first kappa shape index (κ1) is 28.3. The summed E-state index contributed by atoms with van der Waals surface area (Å²) in [5, 5.41) is 4.42. The molecule has 2 fully saturated rings. The molecule has 1 N–H and O–H groups in total. The maximum absolute atomic E-state index is 5.90. The van der Waals surface area contributed by atoms with Crippen molar-refractivity contribution in [2.45, 2.75) is 38.5 Å².